The first kappa shape index (κ1) is 84.6. The van der Waals surface area contributed by atoms with Crippen LogP contribution in [-0.2, 0) is 57.5 Å². The molecule has 1 aliphatic heterocycles. The Balaban J connectivity index is 2.09. The number of carboxylic acids is 7. The molecule has 0 spiro atoms. The number of halogens is 1. The molecule has 0 saturated carbocycles. The molecule has 97 heavy (non-hydrogen) atoms. The Labute approximate surface area is 561 Å². The van der Waals surface area contributed by atoms with E-state index in [-0.39, 0.29) is 129 Å². The van der Waals surface area contributed by atoms with E-state index in [4.69, 9.17) is 10.2 Å². The lowest BCUT2D eigenvalue weighted by molar-refractivity contribution is -0.142. The largest absolute Gasteiger partial charge is 0.480 e. The van der Waals surface area contributed by atoms with Crippen molar-refractivity contribution in [2.45, 2.75) is 159 Å². The van der Waals surface area contributed by atoms with Crippen molar-refractivity contribution in [2.24, 2.45) is 0 Å². The Morgan fingerprint density at radius 2 is 0.825 bits per heavy atom. The van der Waals surface area contributed by atoms with Gasteiger partial charge in [0.2, 0.25) is 29.5 Å². The lowest BCUT2D eigenvalue weighted by atomic mass is 10.1. The van der Waals surface area contributed by atoms with E-state index in [1.807, 2.05) is 10.6 Å². The maximum Gasteiger partial charge on any atom is 0.326 e. The molecule has 546 valence electrons. The van der Waals surface area contributed by atoms with Crippen LogP contribution in [0.5, 0.6) is 0 Å². The van der Waals surface area contributed by atoms with Gasteiger partial charge in [-0.15, -0.1) is 0 Å². The Kier molecular flexibility index (Phi) is 36.3. The van der Waals surface area contributed by atoms with Crippen molar-refractivity contribution >= 4 is 96.9 Å². The van der Waals surface area contributed by atoms with E-state index in [1.165, 1.54) is 24.3 Å². The minimum atomic E-state index is -3.78. The average molecular weight is 1400 g/mol. The molecule has 0 bridgehead atoms. The van der Waals surface area contributed by atoms with Crippen molar-refractivity contribution in [2.75, 3.05) is 98.2 Å². The van der Waals surface area contributed by atoms with Gasteiger partial charge in [0.15, 0.2) is 6.29 Å². The van der Waals surface area contributed by atoms with Gasteiger partial charge in [-0.05, 0) is 72.3 Å². The molecule has 2 rings (SSSR count). The number of unbranched alkanes of at least 4 members (excludes halogenated alkanes) is 1. The van der Waals surface area contributed by atoms with Gasteiger partial charge in [-0.25, -0.2) is 24.0 Å². The van der Waals surface area contributed by atoms with Crippen LogP contribution in [0.1, 0.15) is 123 Å². The number of amides is 8. The third kappa shape index (κ3) is 32.4. The summed E-state index contributed by atoms with van der Waals surface area (Å²) >= 11 is 0. The number of urea groups is 1. The summed E-state index contributed by atoms with van der Waals surface area (Å²) in [7, 11) is -3.78. The second-order valence-electron chi connectivity index (χ2n) is 25.5. The topological polar surface area (TPSA) is 530 Å². The molecule has 17 N–H and O–H groups in total. The molecule has 1 aromatic rings. The van der Waals surface area contributed by atoms with Crippen LogP contribution in [0.3, 0.4) is 0 Å². The van der Waals surface area contributed by atoms with Crippen molar-refractivity contribution in [1.82, 2.24) is 62.1 Å². The Hall–Kier alpha value is -8.49. The third-order valence-electron chi connectivity index (χ3n) is 15.8. The van der Waals surface area contributed by atoms with Crippen LogP contribution in [-0.4, -0.2) is 292 Å². The highest BCUT2D eigenvalue weighted by Gasteiger charge is 2.56. The van der Waals surface area contributed by atoms with Crippen molar-refractivity contribution in [1.29, 1.82) is 0 Å². The van der Waals surface area contributed by atoms with Gasteiger partial charge >= 0.3 is 47.8 Å². The number of carbonyl (C=O) groups excluding carboxylic acids is 7. The van der Waals surface area contributed by atoms with Crippen molar-refractivity contribution in [3.8, 4) is 0 Å². The summed E-state index contributed by atoms with van der Waals surface area (Å²) in [5.74, 6) is -14.2. The van der Waals surface area contributed by atoms with Crippen LogP contribution < -0.4 is 47.7 Å². The van der Waals surface area contributed by atoms with Gasteiger partial charge in [-0.3, -0.25) is 62.8 Å². The van der Waals surface area contributed by atoms with Gasteiger partial charge in [-0.2, -0.15) is 0 Å². The molecular weight excluding hydrogens is 1300 g/mol. The molecule has 2 unspecified atom stereocenters. The maximum absolute atomic E-state index is 17.2. The molecule has 0 aliphatic carbocycles. The SMILES string of the molecule is CC(C)(C)[Si](F)(c1ccc(C(=O)NC(CNC(=O)CN2CCN(CC(=O)O)CCN(CC(=O)O)CCN(CC(=O)O)CC2)C(=O)N[C@H](CCCCNC(=O)CCC(=O)NCCCC(NC(=O)CC[C@H](NC(=O)N[C@@H](CCC(O)O)C(=O)O)C(=O)O)C(=O)O)C(=O)O)cc1)C(C)(C)C. The number of nitrogens with zero attached hydrogens (tertiary/aromatic N) is 4. The van der Waals surface area contributed by atoms with Crippen LogP contribution in [0.2, 0.25) is 10.1 Å². The molecular formula is C60H97FN12O23Si. The first-order valence-electron chi connectivity index (χ1n) is 31.6. The van der Waals surface area contributed by atoms with Gasteiger partial charge < -0.3 is 92.6 Å². The first-order chi connectivity index (χ1) is 45.2. The molecule has 1 fully saturated rings. The number of aliphatic hydroxyl groups excluding tert-OH is 1. The van der Waals surface area contributed by atoms with Gasteiger partial charge in [-0.1, -0.05) is 53.7 Å². The Bertz CT molecular complexity index is 2820. The van der Waals surface area contributed by atoms with Gasteiger partial charge in [0.05, 0.1) is 26.2 Å². The summed E-state index contributed by atoms with van der Waals surface area (Å²) in [4.78, 5) is 181. The highest BCUT2D eigenvalue weighted by molar-refractivity contribution is 6.90. The summed E-state index contributed by atoms with van der Waals surface area (Å²) in [6.07, 6.45) is -4.52. The van der Waals surface area contributed by atoms with E-state index < -0.39 is 184 Å². The highest BCUT2D eigenvalue weighted by Crippen LogP contribution is 2.51. The fraction of sp³-hybridized carbons (Fsp3) is 0.667. The average Bonchev–Trinajstić information content (AvgIpc) is 0.749. The molecule has 1 aliphatic rings. The number of carbonyl (C=O) groups is 14. The molecule has 35 nitrogen and oxygen atoms in total. The number of carboxylic acid groups (broad SMARTS) is 7. The zero-order chi connectivity index (χ0) is 73.4. The monoisotopic (exact) mass is 1400 g/mol. The number of benzene rings is 1. The molecule has 5 atom stereocenters. The zero-order valence-corrected chi connectivity index (χ0v) is 56.6. The number of aliphatic hydroxyl groups is 2. The van der Waals surface area contributed by atoms with Crippen LogP contribution in [0, 0.1) is 0 Å². The standard InChI is InChI=1S/C60H97FN12O23Si/c1-59(2,3)97(61,60(4,5)6)38-14-12-37(13-15-38)52(86)67-43(32-64-47(77)33-70-24-26-71(34-49(80)81)28-30-73(36-51(84)85)31-29-72(27-25-70)35-50(82)83)53(87)66-40(55(90)91)10-7-8-22-62-44(74)19-20-45(75)63-23-9-11-39(54(88)89)65-46(76)18-16-41(56(92)93)68-58(96)69-42(57(94)95)17-21-48(78)79/h12-15,39-43,48,78-79H,7-11,16-36H2,1-6H3,(H,62,74)(H,63,75)(H,64,77)(H,65,76)(H,66,87)(H,67,86)(H,80,81)(H,82,83)(H,84,85)(H,88,89)(H,90,91)(H,92,93)(H,94,95)(H2,68,69,96)/t39?,40-,41+,42+,43?/m1/s1. The van der Waals surface area contributed by atoms with Gasteiger partial charge in [0, 0.05) is 103 Å². The van der Waals surface area contributed by atoms with E-state index in [9.17, 15) is 103 Å². The summed E-state index contributed by atoms with van der Waals surface area (Å²) in [5, 5.41) is 103. The van der Waals surface area contributed by atoms with Crippen LogP contribution in [0.15, 0.2) is 24.3 Å². The number of hydrogen-bond acceptors (Lipinski definition) is 20. The molecule has 1 aromatic carbocycles. The van der Waals surface area contributed by atoms with Crippen molar-refractivity contribution < 1.29 is 117 Å². The highest BCUT2D eigenvalue weighted by atomic mass is 28.4. The quantitative estimate of drug-likeness (QED) is 0.0137. The van der Waals surface area contributed by atoms with Crippen molar-refractivity contribution in [3.63, 3.8) is 0 Å². The molecule has 8 amide bonds. The summed E-state index contributed by atoms with van der Waals surface area (Å²) < 4.78 is 17.2. The maximum atomic E-state index is 17.2. The minimum Gasteiger partial charge on any atom is -0.480 e. The predicted molar refractivity (Wildman–Crippen MR) is 344 cm³/mol. The fourth-order valence-electron chi connectivity index (χ4n) is 10.7. The second-order valence-corrected chi connectivity index (χ2v) is 30.4. The Morgan fingerprint density at radius 3 is 1.24 bits per heavy atom. The minimum absolute atomic E-state index is 0.00439. The molecule has 0 radical (unpaired) electrons. The number of rotatable bonds is 40. The molecule has 1 heterocycles. The summed E-state index contributed by atoms with van der Waals surface area (Å²) in [6, 6.07) is -3.44. The third-order valence-corrected chi connectivity index (χ3v) is 21.0. The smallest absolute Gasteiger partial charge is 0.326 e. The molecule has 0 aromatic heterocycles. The van der Waals surface area contributed by atoms with Crippen LogP contribution >= 0.6 is 0 Å². The lowest BCUT2D eigenvalue weighted by Gasteiger charge is -2.44. The predicted octanol–water partition coefficient (Wildman–Crippen LogP) is -2.72. The normalized spacial score (nSPS) is 15.6. The number of hydrogen-bond donors (Lipinski definition) is 17. The van der Waals surface area contributed by atoms with Gasteiger partial charge in [0.1, 0.15) is 30.2 Å². The van der Waals surface area contributed by atoms with Crippen LogP contribution in [0.4, 0.5) is 8.90 Å². The van der Waals surface area contributed by atoms with Gasteiger partial charge in [0.25, 0.3) is 14.3 Å². The van der Waals surface area contributed by atoms with E-state index in [1.54, 1.807) is 61.1 Å². The zero-order valence-electron chi connectivity index (χ0n) is 55.6. The molecule has 1 saturated heterocycles. The van der Waals surface area contributed by atoms with E-state index in [2.05, 4.69) is 31.9 Å². The fourth-order valence-corrected chi connectivity index (χ4v) is 15.3. The molecule has 37 heteroatoms. The first-order valence-corrected chi connectivity index (χ1v) is 33.5. The summed E-state index contributed by atoms with van der Waals surface area (Å²) in [5.41, 5.74) is 0.00439. The second kappa shape index (κ2) is 41.6. The number of aliphatic carboxylic acids is 7. The van der Waals surface area contributed by atoms with Crippen molar-refractivity contribution in [3.05, 3.63) is 29.8 Å². The van der Waals surface area contributed by atoms with E-state index in [0.29, 0.717) is 5.19 Å². The van der Waals surface area contributed by atoms with E-state index >= 15 is 4.11 Å². The number of nitrogens with one attached hydrogen (secondary N) is 8. The summed E-state index contributed by atoms with van der Waals surface area (Å²) in [6.45, 7) is 9.38. The van der Waals surface area contributed by atoms with Crippen LogP contribution in [0.25, 0.3) is 0 Å². The lowest BCUT2D eigenvalue weighted by Crippen LogP contribution is -2.58. The Morgan fingerprint density at radius 1 is 0.433 bits per heavy atom. The van der Waals surface area contributed by atoms with E-state index in [0.717, 1.165) is 0 Å².